The normalized spacial score (nSPS) is 18.0. The zero-order valence-corrected chi connectivity index (χ0v) is 11.6. The first kappa shape index (κ1) is 15.2. The van der Waals surface area contributed by atoms with Crippen LogP contribution in [-0.4, -0.2) is 41.2 Å². The van der Waals surface area contributed by atoms with Gasteiger partial charge < -0.3 is 15.2 Å². The van der Waals surface area contributed by atoms with Gasteiger partial charge in [-0.25, -0.2) is 4.79 Å². The van der Waals surface area contributed by atoms with E-state index < -0.39 is 5.97 Å². The topological polar surface area (TPSA) is 88.5 Å². The molecule has 0 aromatic carbocycles. The van der Waals surface area contributed by atoms with Crippen molar-refractivity contribution in [1.29, 1.82) is 0 Å². The molecule has 0 spiro atoms. The molecule has 1 aliphatic rings. The van der Waals surface area contributed by atoms with E-state index in [0.717, 1.165) is 31.9 Å². The van der Waals surface area contributed by atoms with Crippen molar-refractivity contribution in [2.45, 2.75) is 25.4 Å². The number of pyridine rings is 1. The number of aromatic nitrogens is 1. The highest BCUT2D eigenvalue weighted by Crippen LogP contribution is 2.14. The van der Waals surface area contributed by atoms with Gasteiger partial charge in [0.25, 0.3) is 5.91 Å². The maximum Gasteiger partial charge on any atom is 0.328 e. The summed E-state index contributed by atoms with van der Waals surface area (Å²) in [4.78, 5) is 26.6. The lowest BCUT2D eigenvalue weighted by Crippen LogP contribution is -2.27. The summed E-state index contributed by atoms with van der Waals surface area (Å²) in [6.07, 6.45) is 8.46. The SMILES string of the molecule is O=C(O)C=Cc1cnccc1C(=O)NCCC1CCCO1. The summed E-state index contributed by atoms with van der Waals surface area (Å²) in [5.74, 6) is -1.30. The Labute approximate surface area is 122 Å². The van der Waals surface area contributed by atoms with Gasteiger partial charge in [-0.05, 0) is 31.4 Å². The third kappa shape index (κ3) is 4.68. The third-order valence-corrected chi connectivity index (χ3v) is 3.28. The first-order valence-electron chi connectivity index (χ1n) is 6.91. The van der Waals surface area contributed by atoms with Gasteiger partial charge in [0.1, 0.15) is 0 Å². The molecule has 1 unspecified atom stereocenters. The number of carbonyl (C=O) groups excluding carboxylic acids is 1. The van der Waals surface area contributed by atoms with Crippen molar-refractivity contribution in [1.82, 2.24) is 10.3 Å². The average Bonchev–Trinajstić information content (AvgIpc) is 2.98. The molecule has 1 fully saturated rings. The molecule has 2 N–H and O–H groups in total. The zero-order chi connectivity index (χ0) is 15.1. The highest BCUT2D eigenvalue weighted by molar-refractivity contribution is 5.98. The van der Waals surface area contributed by atoms with E-state index in [2.05, 4.69) is 10.3 Å². The Kier molecular flexibility index (Phi) is 5.45. The molecule has 0 bridgehead atoms. The van der Waals surface area contributed by atoms with Gasteiger partial charge >= 0.3 is 5.97 Å². The number of aliphatic carboxylic acids is 1. The molecule has 0 aliphatic carbocycles. The summed E-state index contributed by atoms with van der Waals surface area (Å²) in [5, 5.41) is 11.5. The number of rotatable bonds is 6. The predicted octanol–water partition coefficient (Wildman–Crippen LogP) is 1.48. The minimum Gasteiger partial charge on any atom is -0.478 e. The zero-order valence-electron chi connectivity index (χ0n) is 11.6. The summed E-state index contributed by atoms with van der Waals surface area (Å²) in [6.45, 7) is 1.33. The molecule has 1 atom stereocenters. The largest absolute Gasteiger partial charge is 0.478 e. The Morgan fingerprint density at radius 3 is 3.10 bits per heavy atom. The Morgan fingerprint density at radius 1 is 1.52 bits per heavy atom. The van der Waals surface area contributed by atoms with E-state index in [1.807, 2.05) is 0 Å². The highest BCUT2D eigenvalue weighted by atomic mass is 16.5. The van der Waals surface area contributed by atoms with E-state index in [1.165, 1.54) is 18.5 Å². The van der Waals surface area contributed by atoms with Crippen LogP contribution in [0.25, 0.3) is 6.08 Å². The van der Waals surface area contributed by atoms with Gasteiger partial charge in [0.05, 0.1) is 6.10 Å². The Bertz CT molecular complexity index is 536. The highest BCUT2D eigenvalue weighted by Gasteiger charge is 2.16. The molecule has 0 radical (unpaired) electrons. The van der Waals surface area contributed by atoms with Gasteiger partial charge in [0, 0.05) is 42.7 Å². The lowest BCUT2D eigenvalue weighted by atomic mass is 10.1. The van der Waals surface area contributed by atoms with Crippen LogP contribution in [-0.2, 0) is 9.53 Å². The van der Waals surface area contributed by atoms with Gasteiger partial charge in [-0.15, -0.1) is 0 Å². The fourth-order valence-electron chi connectivity index (χ4n) is 2.22. The van der Waals surface area contributed by atoms with E-state index >= 15 is 0 Å². The second kappa shape index (κ2) is 7.54. The number of carboxylic acids is 1. The van der Waals surface area contributed by atoms with Gasteiger partial charge in [0.2, 0.25) is 0 Å². The van der Waals surface area contributed by atoms with Crippen LogP contribution in [0.15, 0.2) is 24.5 Å². The second-order valence-corrected chi connectivity index (χ2v) is 4.81. The number of carbonyl (C=O) groups is 2. The first-order valence-corrected chi connectivity index (χ1v) is 6.91. The van der Waals surface area contributed by atoms with Crippen LogP contribution < -0.4 is 5.32 Å². The van der Waals surface area contributed by atoms with Crippen molar-refractivity contribution in [2.24, 2.45) is 0 Å². The molecule has 2 heterocycles. The Morgan fingerprint density at radius 2 is 2.38 bits per heavy atom. The summed E-state index contributed by atoms with van der Waals surface area (Å²) in [6, 6.07) is 1.57. The number of nitrogens with zero attached hydrogens (tertiary/aromatic N) is 1. The number of hydrogen-bond donors (Lipinski definition) is 2. The summed E-state index contributed by atoms with van der Waals surface area (Å²) in [5.41, 5.74) is 0.893. The van der Waals surface area contributed by atoms with E-state index in [9.17, 15) is 9.59 Å². The van der Waals surface area contributed by atoms with Crippen LogP contribution in [0.4, 0.5) is 0 Å². The fraction of sp³-hybridized carbons (Fsp3) is 0.400. The van der Waals surface area contributed by atoms with Crippen LogP contribution in [0.5, 0.6) is 0 Å². The standard InChI is InChI=1S/C15H18N2O4/c18-14(19)4-3-11-10-16-7-6-13(11)15(20)17-8-5-12-2-1-9-21-12/h3-4,6-7,10,12H,1-2,5,8-9H2,(H,17,20)(H,18,19). The molecular formula is C15H18N2O4. The number of carboxylic acid groups (broad SMARTS) is 1. The number of nitrogens with one attached hydrogen (secondary N) is 1. The molecule has 1 saturated heterocycles. The van der Waals surface area contributed by atoms with Gasteiger partial charge in [0.15, 0.2) is 0 Å². The van der Waals surface area contributed by atoms with Gasteiger partial charge in [-0.3, -0.25) is 9.78 Å². The number of hydrogen-bond acceptors (Lipinski definition) is 4. The maximum atomic E-state index is 12.1. The smallest absolute Gasteiger partial charge is 0.328 e. The molecule has 1 aromatic heterocycles. The third-order valence-electron chi connectivity index (χ3n) is 3.28. The quantitative estimate of drug-likeness (QED) is 0.775. The molecule has 6 heteroatoms. The fourth-order valence-corrected chi connectivity index (χ4v) is 2.22. The lowest BCUT2D eigenvalue weighted by Gasteiger charge is -2.11. The van der Waals surface area contributed by atoms with E-state index in [4.69, 9.17) is 9.84 Å². The van der Waals surface area contributed by atoms with Crippen molar-refractivity contribution in [3.8, 4) is 0 Å². The van der Waals surface area contributed by atoms with Crippen LogP contribution in [0, 0.1) is 0 Å². The van der Waals surface area contributed by atoms with Crippen molar-refractivity contribution in [3.05, 3.63) is 35.7 Å². The van der Waals surface area contributed by atoms with Crippen LogP contribution in [0.3, 0.4) is 0 Å². The van der Waals surface area contributed by atoms with Crippen LogP contribution >= 0.6 is 0 Å². The van der Waals surface area contributed by atoms with Crippen molar-refractivity contribution in [3.63, 3.8) is 0 Å². The molecule has 1 aliphatic heterocycles. The maximum absolute atomic E-state index is 12.1. The molecule has 6 nitrogen and oxygen atoms in total. The van der Waals surface area contributed by atoms with E-state index in [-0.39, 0.29) is 12.0 Å². The Balaban J connectivity index is 1.93. The van der Waals surface area contributed by atoms with Crippen LogP contribution in [0.1, 0.15) is 35.2 Å². The van der Waals surface area contributed by atoms with Crippen LogP contribution in [0.2, 0.25) is 0 Å². The molecule has 1 amide bonds. The summed E-state index contributed by atoms with van der Waals surface area (Å²) in [7, 11) is 0. The average molecular weight is 290 g/mol. The predicted molar refractivity (Wildman–Crippen MR) is 76.8 cm³/mol. The molecule has 112 valence electrons. The minimum atomic E-state index is -1.07. The molecule has 1 aromatic rings. The van der Waals surface area contributed by atoms with Crippen molar-refractivity contribution in [2.75, 3.05) is 13.2 Å². The molecule has 0 saturated carbocycles. The van der Waals surface area contributed by atoms with E-state index in [1.54, 1.807) is 6.07 Å². The van der Waals surface area contributed by atoms with Gasteiger partial charge in [-0.2, -0.15) is 0 Å². The number of ether oxygens (including phenoxy) is 1. The van der Waals surface area contributed by atoms with Crippen molar-refractivity contribution >= 4 is 18.0 Å². The molecular weight excluding hydrogens is 272 g/mol. The van der Waals surface area contributed by atoms with Gasteiger partial charge in [-0.1, -0.05) is 0 Å². The molecule has 2 rings (SSSR count). The first-order chi connectivity index (χ1) is 10.2. The lowest BCUT2D eigenvalue weighted by molar-refractivity contribution is -0.131. The molecule has 21 heavy (non-hydrogen) atoms. The van der Waals surface area contributed by atoms with E-state index in [0.29, 0.717) is 17.7 Å². The minimum absolute atomic E-state index is 0.231. The summed E-state index contributed by atoms with van der Waals surface area (Å²) < 4.78 is 5.49. The summed E-state index contributed by atoms with van der Waals surface area (Å²) >= 11 is 0. The second-order valence-electron chi connectivity index (χ2n) is 4.81. The monoisotopic (exact) mass is 290 g/mol. The van der Waals surface area contributed by atoms with Crippen molar-refractivity contribution < 1.29 is 19.4 Å². The number of amides is 1. The Hall–Kier alpha value is -2.21.